The van der Waals surface area contributed by atoms with Crippen LogP contribution in [0, 0.1) is 0 Å². The smallest absolute Gasteiger partial charge is 0.410 e. The Labute approximate surface area is 138 Å². The summed E-state index contributed by atoms with van der Waals surface area (Å²) in [6, 6.07) is 7.43. The number of ether oxygens (including phenoxy) is 2. The first-order chi connectivity index (χ1) is 10.8. The van der Waals surface area contributed by atoms with Gasteiger partial charge < -0.3 is 20.1 Å². The maximum absolute atomic E-state index is 12.0. The number of benzene rings is 1. The number of anilines is 1. The number of nitrogen functional groups attached to an aromatic ring is 1. The van der Waals surface area contributed by atoms with E-state index in [2.05, 4.69) is 4.90 Å². The van der Waals surface area contributed by atoms with Gasteiger partial charge in [0.2, 0.25) is 0 Å². The molecule has 0 spiro atoms. The fraction of sp³-hybridized carbons (Fsp3) is 0.588. The number of hydrogen-bond acceptors (Lipinski definition) is 5. The minimum atomic E-state index is -0.445. The summed E-state index contributed by atoms with van der Waals surface area (Å²) >= 11 is 0. The average molecular weight is 321 g/mol. The van der Waals surface area contributed by atoms with Crippen molar-refractivity contribution in [2.24, 2.45) is 0 Å². The van der Waals surface area contributed by atoms with Gasteiger partial charge in [0.05, 0.1) is 0 Å². The van der Waals surface area contributed by atoms with Crippen LogP contribution in [0.25, 0.3) is 0 Å². The van der Waals surface area contributed by atoms with E-state index in [1.165, 1.54) is 0 Å². The summed E-state index contributed by atoms with van der Waals surface area (Å²) in [5.41, 5.74) is 5.98. The molecule has 1 heterocycles. The van der Waals surface area contributed by atoms with Gasteiger partial charge in [-0.05, 0) is 32.9 Å². The van der Waals surface area contributed by atoms with Crippen LogP contribution >= 0.6 is 0 Å². The molecule has 0 unspecified atom stereocenters. The zero-order valence-corrected chi connectivity index (χ0v) is 14.2. The molecule has 1 aliphatic rings. The highest BCUT2D eigenvalue weighted by Crippen LogP contribution is 2.15. The van der Waals surface area contributed by atoms with Gasteiger partial charge >= 0.3 is 6.09 Å². The second-order valence-corrected chi connectivity index (χ2v) is 6.73. The first-order valence-corrected chi connectivity index (χ1v) is 8.02. The van der Waals surface area contributed by atoms with E-state index in [0.717, 1.165) is 25.4 Å². The molecule has 23 heavy (non-hydrogen) atoms. The van der Waals surface area contributed by atoms with E-state index >= 15 is 0 Å². The predicted molar refractivity (Wildman–Crippen MR) is 90.6 cm³/mol. The highest BCUT2D eigenvalue weighted by Gasteiger charge is 2.25. The number of piperazine rings is 1. The van der Waals surface area contributed by atoms with Crippen molar-refractivity contribution in [2.45, 2.75) is 26.4 Å². The van der Waals surface area contributed by atoms with Crippen LogP contribution in [0.15, 0.2) is 24.3 Å². The van der Waals surface area contributed by atoms with Gasteiger partial charge in [-0.3, -0.25) is 4.90 Å². The van der Waals surface area contributed by atoms with Crippen LogP contribution < -0.4 is 10.5 Å². The normalized spacial score (nSPS) is 16.2. The lowest BCUT2D eigenvalue weighted by Gasteiger charge is -2.35. The third-order valence-electron chi connectivity index (χ3n) is 3.56. The van der Waals surface area contributed by atoms with Crippen molar-refractivity contribution >= 4 is 11.8 Å². The molecular formula is C17H27N3O3. The van der Waals surface area contributed by atoms with Crippen molar-refractivity contribution in [1.29, 1.82) is 0 Å². The average Bonchev–Trinajstić information content (AvgIpc) is 2.46. The third-order valence-corrected chi connectivity index (χ3v) is 3.56. The molecule has 2 rings (SSSR count). The minimum Gasteiger partial charge on any atom is -0.492 e. The lowest BCUT2D eigenvalue weighted by atomic mass is 10.2. The largest absolute Gasteiger partial charge is 0.492 e. The molecule has 1 aromatic rings. The molecule has 1 aromatic carbocycles. The van der Waals surface area contributed by atoms with Gasteiger partial charge in [-0.2, -0.15) is 0 Å². The second kappa shape index (κ2) is 7.55. The highest BCUT2D eigenvalue weighted by atomic mass is 16.6. The summed E-state index contributed by atoms with van der Waals surface area (Å²) in [4.78, 5) is 16.0. The standard InChI is InChI=1S/C17H27N3O3/c1-17(2,3)23-16(21)20-9-7-19(8-10-20)11-12-22-15-6-4-5-14(18)13-15/h4-6,13H,7-12,18H2,1-3H3. The summed E-state index contributed by atoms with van der Waals surface area (Å²) < 4.78 is 11.1. The Bertz CT molecular complexity index is 520. The zero-order valence-electron chi connectivity index (χ0n) is 14.2. The van der Waals surface area contributed by atoms with Crippen molar-refractivity contribution in [1.82, 2.24) is 9.80 Å². The number of carbonyl (C=O) groups is 1. The Morgan fingerprint density at radius 1 is 1.22 bits per heavy atom. The molecule has 0 aliphatic carbocycles. The van der Waals surface area contributed by atoms with Crippen molar-refractivity contribution in [3.63, 3.8) is 0 Å². The first kappa shape index (κ1) is 17.4. The summed E-state index contributed by atoms with van der Waals surface area (Å²) in [7, 11) is 0. The topological polar surface area (TPSA) is 68.0 Å². The number of rotatable bonds is 4. The van der Waals surface area contributed by atoms with Crippen LogP contribution in [-0.2, 0) is 4.74 Å². The van der Waals surface area contributed by atoms with Crippen molar-refractivity contribution in [3.8, 4) is 5.75 Å². The van der Waals surface area contributed by atoms with Crippen molar-refractivity contribution in [3.05, 3.63) is 24.3 Å². The minimum absolute atomic E-state index is 0.229. The third kappa shape index (κ3) is 5.98. The van der Waals surface area contributed by atoms with E-state index < -0.39 is 5.60 Å². The number of nitrogens with two attached hydrogens (primary N) is 1. The Morgan fingerprint density at radius 3 is 2.52 bits per heavy atom. The summed E-state index contributed by atoms with van der Waals surface area (Å²) in [5, 5.41) is 0. The number of hydrogen-bond donors (Lipinski definition) is 1. The predicted octanol–water partition coefficient (Wildman–Crippen LogP) is 2.20. The molecule has 0 bridgehead atoms. The molecule has 1 saturated heterocycles. The Balaban J connectivity index is 1.68. The zero-order chi connectivity index (χ0) is 16.9. The molecule has 1 aliphatic heterocycles. The van der Waals surface area contributed by atoms with Gasteiger partial charge in [-0.15, -0.1) is 0 Å². The van der Waals surface area contributed by atoms with E-state index in [4.69, 9.17) is 15.2 Å². The van der Waals surface area contributed by atoms with E-state index in [9.17, 15) is 4.79 Å². The molecule has 1 fully saturated rings. The van der Waals surface area contributed by atoms with Gasteiger partial charge in [0.15, 0.2) is 0 Å². The molecule has 2 N–H and O–H groups in total. The maximum atomic E-state index is 12.0. The molecular weight excluding hydrogens is 294 g/mol. The van der Waals surface area contributed by atoms with Gasteiger partial charge in [0.1, 0.15) is 18.0 Å². The Kier molecular flexibility index (Phi) is 5.71. The quantitative estimate of drug-likeness (QED) is 0.861. The molecule has 0 aromatic heterocycles. The maximum Gasteiger partial charge on any atom is 0.410 e. The molecule has 6 nitrogen and oxygen atoms in total. The van der Waals surface area contributed by atoms with Crippen LogP contribution in [0.5, 0.6) is 5.75 Å². The van der Waals surface area contributed by atoms with Crippen LogP contribution in [0.4, 0.5) is 10.5 Å². The molecule has 0 atom stereocenters. The summed E-state index contributed by atoms with van der Waals surface area (Å²) in [5.74, 6) is 0.789. The van der Waals surface area contributed by atoms with Gasteiger partial charge in [-0.1, -0.05) is 6.07 Å². The van der Waals surface area contributed by atoms with Gasteiger partial charge in [0, 0.05) is 44.5 Å². The molecule has 1 amide bonds. The molecule has 6 heteroatoms. The fourth-order valence-electron chi connectivity index (χ4n) is 2.38. The van der Waals surface area contributed by atoms with Gasteiger partial charge in [0.25, 0.3) is 0 Å². The van der Waals surface area contributed by atoms with Crippen LogP contribution in [-0.4, -0.2) is 60.8 Å². The van der Waals surface area contributed by atoms with E-state index in [1.54, 1.807) is 4.90 Å². The van der Waals surface area contributed by atoms with Crippen LogP contribution in [0.3, 0.4) is 0 Å². The summed E-state index contributed by atoms with van der Waals surface area (Å²) in [6.45, 7) is 10.1. The SMILES string of the molecule is CC(C)(C)OC(=O)N1CCN(CCOc2cccc(N)c2)CC1. The van der Waals surface area contributed by atoms with E-state index in [-0.39, 0.29) is 6.09 Å². The fourth-order valence-corrected chi connectivity index (χ4v) is 2.38. The van der Waals surface area contributed by atoms with Crippen LogP contribution in [0.1, 0.15) is 20.8 Å². The van der Waals surface area contributed by atoms with Crippen molar-refractivity contribution < 1.29 is 14.3 Å². The number of carbonyl (C=O) groups excluding carboxylic acids is 1. The summed E-state index contributed by atoms with van der Waals surface area (Å²) in [6.07, 6.45) is -0.229. The monoisotopic (exact) mass is 321 g/mol. The lowest BCUT2D eigenvalue weighted by molar-refractivity contribution is 0.0137. The lowest BCUT2D eigenvalue weighted by Crippen LogP contribution is -2.50. The van der Waals surface area contributed by atoms with E-state index in [1.807, 2.05) is 45.0 Å². The number of amides is 1. The molecule has 0 saturated carbocycles. The van der Waals surface area contributed by atoms with Gasteiger partial charge in [-0.25, -0.2) is 4.79 Å². The molecule has 0 radical (unpaired) electrons. The van der Waals surface area contributed by atoms with Crippen molar-refractivity contribution in [2.75, 3.05) is 45.1 Å². The van der Waals surface area contributed by atoms with Crippen LogP contribution in [0.2, 0.25) is 0 Å². The van der Waals surface area contributed by atoms with E-state index in [0.29, 0.717) is 25.4 Å². The Hall–Kier alpha value is -1.95. The first-order valence-electron chi connectivity index (χ1n) is 8.02. The number of nitrogens with zero attached hydrogens (tertiary/aromatic N) is 2. The second-order valence-electron chi connectivity index (χ2n) is 6.73. The molecule has 128 valence electrons. The Morgan fingerprint density at radius 2 is 1.91 bits per heavy atom. The highest BCUT2D eigenvalue weighted by molar-refractivity contribution is 5.68.